The number of H-pyrrole nitrogens is 2. The van der Waals surface area contributed by atoms with Gasteiger partial charge in [0.05, 0.1) is 54.8 Å². The maximum absolute atomic E-state index is 13.6. The van der Waals surface area contributed by atoms with Crippen LogP contribution in [0, 0.1) is 5.92 Å². The fourth-order valence-corrected chi connectivity index (χ4v) is 7.69. The molecule has 56 heavy (non-hydrogen) atoms. The van der Waals surface area contributed by atoms with Gasteiger partial charge in [0, 0.05) is 31.0 Å². The Balaban J connectivity index is 1.27. The van der Waals surface area contributed by atoms with E-state index in [1.165, 1.54) is 7.11 Å². The third kappa shape index (κ3) is 8.09. The molecule has 1 aliphatic heterocycles. The van der Waals surface area contributed by atoms with Crippen LogP contribution >= 0.6 is 0 Å². The summed E-state index contributed by atoms with van der Waals surface area (Å²) in [5.74, 6) is 2.23. The van der Waals surface area contributed by atoms with E-state index in [1.807, 2.05) is 51.8 Å². The predicted octanol–water partition coefficient (Wildman–Crippen LogP) is 8.07. The summed E-state index contributed by atoms with van der Waals surface area (Å²) in [4.78, 5) is 59.1. The van der Waals surface area contributed by atoms with Crippen molar-refractivity contribution in [3.8, 4) is 28.1 Å². The van der Waals surface area contributed by atoms with E-state index in [4.69, 9.17) is 24.2 Å². The number of amides is 3. The van der Waals surface area contributed by atoms with Crippen LogP contribution in [0.2, 0.25) is 0 Å². The highest BCUT2D eigenvalue weighted by Crippen LogP contribution is 2.43. The van der Waals surface area contributed by atoms with E-state index in [-0.39, 0.29) is 35.9 Å². The summed E-state index contributed by atoms with van der Waals surface area (Å²) < 4.78 is 16.6. The molecule has 1 aliphatic rings. The average molecular weight is 766 g/mol. The van der Waals surface area contributed by atoms with Crippen molar-refractivity contribution in [1.82, 2.24) is 35.1 Å². The molecule has 3 N–H and O–H groups in total. The molecule has 5 aromatic rings. The smallest absolute Gasteiger partial charge is 0.407 e. The lowest BCUT2D eigenvalue weighted by atomic mass is 9.92. The molecule has 3 heterocycles. The monoisotopic (exact) mass is 765 g/mol. The topological polar surface area (TPSA) is 155 Å². The molecule has 4 unspecified atom stereocenters. The van der Waals surface area contributed by atoms with E-state index < -0.39 is 12.1 Å². The zero-order valence-corrected chi connectivity index (χ0v) is 34.0. The number of rotatable bonds is 15. The van der Waals surface area contributed by atoms with Crippen molar-refractivity contribution in [2.24, 2.45) is 5.92 Å². The Kier molecular flexibility index (Phi) is 12.3. The van der Waals surface area contributed by atoms with Gasteiger partial charge in [0.1, 0.15) is 30.0 Å². The molecule has 3 aromatic carbocycles. The van der Waals surface area contributed by atoms with E-state index in [1.54, 1.807) is 18.9 Å². The minimum atomic E-state index is -0.768. The second kappa shape index (κ2) is 17.2. The molecule has 298 valence electrons. The average Bonchev–Trinajstić information content (AvgIpc) is 3.87. The Bertz CT molecular complexity index is 2210. The number of aromatic nitrogens is 4. The van der Waals surface area contributed by atoms with Crippen LogP contribution in [0.25, 0.3) is 44.2 Å². The molecular weight excluding hydrogens is 711 g/mol. The van der Waals surface area contributed by atoms with Gasteiger partial charge in [0.15, 0.2) is 0 Å². The zero-order valence-electron chi connectivity index (χ0n) is 34.0. The molecule has 13 nitrogen and oxygen atoms in total. The van der Waals surface area contributed by atoms with E-state index >= 15 is 0 Å². The first-order chi connectivity index (χ1) is 26.9. The minimum Gasteiger partial charge on any atom is -0.488 e. The number of hydrogen-bond acceptors (Lipinski definition) is 8. The molecule has 0 fully saturated rings. The van der Waals surface area contributed by atoms with Gasteiger partial charge in [-0.15, -0.1) is 0 Å². The molecule has 4 atom stereocenters. The summed E-state index contributed by atoms with van der Waals surface area (Å²) >= 11 is 0. The largest absolute Gasteiger partial charge is 0.488 e. The highest BCUT2D eigenvalue weighted by atomic mass is 16.5. The Hall–Kier alpha value is -5.43. The number of carbonyl (C=O) groups excluding carboxylic acids is 3. The first kappa shape index (κ1) is 40.2. The molecule has 0 spiro atoms. The molecule has 3 amide bonds. The van der Waals surface area contributed by atoms with E-state index in [0.29, 0.717) is 32.0 Å². The predicted molar refractivity (Wildman–Crippen MR) is 217 cm³/mol. The second-order valence-corrected chi connectivity index (χ2v) is 15.2. The first-order valence-electron chi connectivity index (χ1n) is 19.6. The Labute approximate surface area is 328 Å². The summed E-state index contributed by atoms with van der Waals surface area (Å²) in [5, 5.41) is 4.55. The Morgan fingerprint density at radius 3 is 2.43 bits per heavy atom. The Morgan fingerprint density at radius 1 is 0.946 bits per heavy atom. The van der Waals surface area contributed by atoms with Crippen molar-refractivity contribution in [2.75, 3.05) is 27.4 Å². The number of aromatic amines is 2. The van der Waals surface area contributed by atoms with Crippen LogP contribution in [0.5, 0.6) is 5.75 Å². The summed E-state index contributed by atoms with van der Waals surface area (Å²) in [6, 6.07) is 13.2. The van der Waals surface area contributed by atoms with Gasteiger partial charge in [-0.2, -0.15) is 0 Å². The number of benzene rings is 3. The third-order valence-corrected chi connectivity index (χ3v) is 10.7. The second-order valence-electron chi connectivity index (χ2n) is 15.2. The van der Waals surface area contributed by atoms with Gasteiger partial charge < -0.3 is 39.3 Å². The lowest BCUT2D eigenvalue weighted by Crippen LogP contribution is -2.48. The fraction of sp³-hybridized carbons (Fsp3) is 0.465. The van der Waals surface area contributed by atoms with E-state index in [2.05, 4.69) is 58.6 Å². The van der Waals surface area contributed by atoms with Gasteiger partial charge in [-0.3, -0.25) is 9.59 Å². The van der Waals surface area contributed by atoms with E-state index in [9.17, 15) is 14.4 Å². The number of imidazole rings is 2. The quantitative estimate of drug-likeness (QED) is 0.0967. The van der Waals surface area contributed by atoms with Crippen LogP contribution in [-0.4, -0.2) is 87.1 Å². The van der Waals surface area contributed by atoms with Crippen molar-refractivity contribution in [3.05, 3.63) is 65.9 Å². The van der Waals surface area contributed by atoms with Crippen LogP contribution in [0.4, 0.5) is 4.79 Å². The molecule has 0 saturated carbocycles. The summed E-state index contributed by atoms with van der Waals surface area (Å²) in [6.07, 6.45) is 3.22. The zero-order chi connectivity index (χ0) is 40.3. The molecule has 0 saturated heterocycles. The van der Waals surface area contributed by atoms with Crippen molar-refractivity contribution in [1.29, 1.82) is 0 Å². The number of ether oxygens (including phenoxy) is 3. The number of fused-ring (bicyclic) bond motifs is 6. The fourth-order valence-electron chi connectivity index (χ4n) is 7.69. The normalized spacial score (nSPS) is 14.4. The number of nitrogens with zero attached hydrogens (tertiary/aromatic N) is 4. The van der Waals surface area contributed by atoms with Gasteiger partial charge in [0.2, 0.25) is 11.8 Å². The maximum atomic E-state index is 13.6. The van der Waals surface area contributed by atoms with Crippen LogP contribution in [0.1, 0.15) is 97.0 Å². The third-order valence-electron chi connectivity index (χ3n) is 10.7. The highest BCUT2D eigenvalue weighted by Gasteiger charge is 2.31. The number of methoxy groups -OCH3 is 2. The van der Waals surface area contributed by atoms with Crippen molar-refractivity contribution >= 4 is 39.7 Å². The summed E-state index contributed by atoms with van der Waals surface area (Å²) in [6.45, 7) is 15.2. The molecule has 2 aromatic heterocycles. The SMILES string of the molecule is CCCC(=O)N(C(CC)COC)C(C)c1ncc(-c2ccc3c(c2)COc2cc4c(ccc5[nH]c(C(C)N(CC(C)C)C(=O)C(C)NC(=O)OC)nc54)cc2-3)[nH]1. The molecule has 6 rings (SSSR count). The van der Waals surface area contributed by atoms with Crippen molar-refractivity contribution in [2.45, 2.75) is 98.5 Å². The summed E-state index contributed by atoms with van der Waals surface area (Å²) in [7, 11) is 2.94. The number of alkyl carbamates (subject to hydrolysis) is 1. The molecule has 0 radical (unpaired) electrons. The number of hydrogen-bond donors (Lipinski definition) is 3. The van der Waals surface area contributed by atoms with Crippen LogP contribution < -0.4 is 10.1 Å². The Morgan fingerprint density at radius 2 is 1.73 bits per heavy atom. The highest BCUT2D eigenvalue weighted by molar-refractivity contribution is 6.07. The lowest BCUT2D eigenvalue weighted by Gasteiger charge is -2.35. The van der Waals surface area contributed by atoms with Gasteiger partial charge in [0.25, 0.3) is 0 Å². The van der Waals surface area contributed by atoms with Gasteiger partial charge >= 0.3 is 6.09 Å². The maximum Gasteiger partial charge on any atom is 0.407 e. The summed E-state index contributed by atoms with van der Waals surface area (Å²) in [5.41, 5.74) is 6.66. The van der Waals surface area contributed by atoms with E-state index in [0.717, 1.165) is 74.2 Å². The van der Waals surface area contributed by atoms with Crippen LogP contribution in [0.15, 0.2) is 48.7 Å². The number of nitrogens with one attached hydrogen (secondary N) is 3. The molecular formula is C43H55N7O6. The minimum absolute atomic E-state index is 0.0443. The number of carbonyl (C=O) groups is 3. The molecule has 0 bridgehead atoms. The van der Waals surface area contributed by atoms with Gasteiger partial charge in [-0.25, -0.2) is 14.8 Å². The van der Waals surface area contributed by atoms with Crippen molar-refractivity contribution in [3.63, 3.8) is 0 Å². The van der Waals surface area contributed by atoms with Crippen LogP contribution in [-0.2, 0) is 25.7 Å². The van der Waals surface area contributed by atoms with Crippen LogP contribution in [0.3, 0.4) is 0 Å². The lowest BCUT2D eigenvalue weighted by molar-refractivity contribution is -0.138. The first-order valence-corrected chi connectivity index (χ1v) is 19.6. The van der Waals surface area contributed by atoms with Gasteiger partial charge in [-0.1, -0.05) is 45.9 Å². The molecule has 13 heteroatoms. The van der Waals surface area contributed by atoms with Gasteiger partial charge in [-0.05, 0) is 85.9 Å². The molecule has 0 aliphatic carbocycles. The van der Waals surface area contributed by atoms with Crippen molar-refractivity contribution < 1.29 is 28.6 Å². The standard InChI is InChI=1S/C43H55N7O6/c1-10-12-38(51)50(31(11-2)23-54-8)27(7)40-44-20-36(47-40)29-13-15-32-30(17-29)22-56-37-19-33-28(18-34(32)37)14-16-35-39(33)48-41(46-35)26(6)49(21-24(3)4)42(52)25(5)45-43(53)55-9/h13-20,24-27,31H,10-12,21-23H2,1-9H3,(H,44,47)(H,45,53)(H,46,48).